The zero-order valence-electron chi connectivity index (χ0n) is 11.4. The number of nitrogens with two attached hydrogens (primary N) is 1. The summed E-state index contributed by atoms with van der Waals surface area (Å²) in [5, 5.41) is 8.88. The van der Waals surface area contributed by atoms with Gasteiger partial charge in [-0.2, -0.15) is 4.31 Å². The van der Waals surface area contributed by atoms with Crippen LogP contribution in [0.4, 0.5) is 0 Å². The molecule has 108 valence electrons. The van der Waals surface area contributed by atoms with Gasteiger partial charge >= 0.3 is 0 Å². The van der Waals surface area contributed by atoms with Gasteiger partial charge in [-0.1, -0.05) is 12.1 Å². The molecule has 1 aromatic rings. The van der Waals surface area contributed by atoms with Crippen molar-refractivity contribution in [3.05, 3.63) is 29.8 Å². The lowest BCUT2D eigenvalue weighted by Gasteiger charge is -2.25. The van der Waals surface area contributed by atoms with E-state index in [2.05, 4.69) is 0 Å². The van der Waals surface area contributed by atoms with Gasteiger partial charge in [0.2, 0.25) is 10.0 Å². The van der Waals surface area contributed by atoms with Crippen LogP contribution in [-0.2, 0) is 16.6 Å². The number of nitrogens with zero attached hydrogens (tertiary/aromatic N) is 1. The molecule has 0 radical (unpaired) electrons. The van der Waals surface area contributed by atoms with Crippen LogP contribution in [0.15, 0.2) is 29.2 Å². The van der Waals surface area contributed by atoms with E-state index in [4.69, 9.17) is 10.8 Å². The summed E-state index contributed by atoms with van der Waals surface area (Å²) in [5.74, 6) is 0. The van der Waals surface area contributed by atoms with Crippen molar-refractivity contribution in [2.75, 3.05) is 13.2 Å². The third-order valence-corrected chi connectivity index (χ3v) is 4.92. The van der Waals surface area contributed by atoms with Gasteiger partial charge in [0.15, 0.2) is 0 Å². The second-order valence-corrected chi connectivity index (χ2v) is 6.53. The van der Waals surface area contributed by atoms with Gasteiger partial charge in [-0.3, -0.25) is 0 Å². The molecule has 0 aliphatic rings. The molecule has 0 bridgehead atoms. The van der Waals surface area contributed by atoms with Crippen LogP contribution in [-0.4, -0.2) is 37.0 Å². The van der Waals surface area contributed by atoms with Gasteiger partial charge < -0.3 is 10.8 Å². The van der Waals surface area contributed by atoms with E-state index in [9.17, 15) is 8.42 Å². The average Bonchev–Trinajstić information content (AvgIpc) is 2.38. The summed E-state index contributed by atoms with van der Waals surface area (Å²) in [6.07, 6.45) is 0.425. The van der Waals surface area contributed by atoms with Crippen LogP contribution in [0.5, 0.6) is 0 Å². The first-order valence-electron chi connectivity index (χ1n) is 6.35. The summed E-state index contributed by atoms with van der Waals surface area (Å²) < 4.78 is 26.5. The highest BCUT2D eigenvalue weighted by Gasteiger charge is 2.26. The number of hydrogen-bond donors (Lipinski definition) is 2. The summed E-state index contributed by atoms with van der Waals surface area (Å²) in [6.45, 7) is 4.23. The predicted octanol–water partition coefficient (Wildman–Crippen LogP) is 0.927. The van der Waals surface area contributed by atoms with Crippen LogP contribution in [0.2, 0.25) is 0 Å². The van der Waals surface area contributed by atoms with Gasteiger partial charge in [0.1, 0.15) is 0 Å². The molecule has 1 aromatic carbocycles. The molecule has 3 N–H and O–H groups in total. The van der Waals surface area contributed by atoms with Crippen molar-refractivity contribution >= 4 is 10.0 Å². The van der Waals surface area contributed by atoms with Gasteiger partial charge in [0, 0.05) is 25.7 Å². The maximum atomic E-state index is 12.6. The van der Waals surface area contributed by atoms with Crippen LogP contribution in [0.25, 0.3) is 0 Å². The van der Waals surface area contributed by atoms with E-state index in [0.29, 0.717) is 19.5 Å². The number of rotatable bonds is 7. The SMILES string of the molecule is CC(C)N(CCCO)S(=O)(=O)c1cccc(CN)c1. The van der Waals surface area contributed by atoms with Crippen molar-refractivity contribution in [2.24, 2.45) is 5.73 Å². The molecular weight excluding hydrogens is 264 g/mol. The minimum atomic E-state index is -3.54. The van der Waals surface area contributed by atoms with Gasteiger partial charge in [0.25, 0.3) is 0 Å². The first-order chi connectivity index (χ1) is 8.93. The molecule has 5 nitrogen and oxygen atoms in total. The lowest BCUT2D eigenvalue weighted by atomic mass is 10.2. The number of sulfonamides is 1. The Bertz CT molecular complexity index is 500. The number of hydrogen-bond acceptors (Lipinski definition) is 4. The lowest BCUT2D eigenvalue weighted by Crippen LogP contribution is -2.38. The minimum absolute atomic E-state index is 0.0262. The molecule has 0 aliphatic carbocycles. The molecule has 0 saturated heterocycles. The Morgan fingerprint density at radius 2 is 2.05 bits per heavy atom. The number of aliphatic hydroxyl groups is 1. The van der Waals surface area contributed by atoms with E-state index in [1.165, 1.54) is 4.31 Å². The molecule has 1 rings (SSSR count). The monoisotopic (exact) mass is 286 g/mol. The van der Waals surface area contributed by atoms with E-state index in [-0.39, 0.29) is 17.5 Å². The second-order valence-electron chi connectivity index (χ2n) is 4.64. The van der Waals surface area contributed by atoms with Crippen LogP contribution < -0.4 is 5.73 Å². The molecule has 0 fully saturated rings. The largest absolute Gasteiger partial charge is 0.396 e. The second kappa shape index (κ2) is 7.00. The van der Waals surface area contributed by atoms with Crippen molar-refractivity contribution in [1.29, 1.82) is 0 Å². The molecule has 0 aromatic heterocycles. The fourth-order valence-corrected chi connectivity index (χ4v) is 3.60. The van der Waals surface area contributed by atoms with Crippen molar-refractivity contribution < 1.29 is 13.5 Å². The van der Waals surface area contributed by atoms with Gasteiger partial charge in [-0.15, -0.1) is 0 Å². The quantitative estimate of drug-likeness (QED) is 0.781. The Morgan fingerprint density at radius 3 is 2.58 bits per heavy atom. The predicted molar refractivity (Wildman–Crippen MR) is 75.1 cm³/mol. The Kier molecular flexibility index (Phi) is 5.93. The molecule has 0 atom stereocenters. The summed E-state index contributed by atoms with van der Waals surface area (Å²) >= 11 is 0. The molecular formula is C13H22N2O3S. The third-order valence-electron chi connectivity index (χ3n) is 2.85. The van der Waals surface area contributed by atoms with E-state index in [0.717, 1.165) is 5.56 Å². The minimum Gasteiger partial charge on any atom is -0.396 e. The van der Waals surface area contributed by atoms with E-state index in [1.807, 2.05) is 13.8 Å². The van der Waals surface area contributed by atoms with E-state index < -0.39 is 10.0 Å². The maximum Gasteiger partial charge on any atom is 0.243 e. The summed E-state index contributed by atoms with van der Waals surface area (Å²) in [5.41, 5.74) is 6.32. The van der Waals surface area contributed by atoms with Crippen LogP contribution in [0.1, 0.15) is 25.8 Å². The normalized spacial score (nSPS) is 12.3. The van der Waals surface area contributed by atoms with E-state index in [1.54, 1.807) is 24.3 Å². The Hall–Kier alpha value is -0.950. The molecule has 19 heavy (non-hydrogen) atoms. The molecule has 0 unspecified atom stereocenters. The third kappa shape index (κ3) is 4.01. The molecule has 6 heteroatoms. The topological polar surface area (TPSA) is 83.6 Å². The highest BCUT2D eigenvalue weighted by atomic mass is 32.2. The standard InChI is InChI=1S/C13H22N2O3S/c1-11(2)15(7-4-8-16)19(17,18)13-6-3-5-12(9-13)10-14/h3,5-6,9,11,16H,4,7-8,10,14H2,1-2H3. The van der Waals surface area contributed by atoms with Gasteiger partial charge in [-0.05, 0) is 38.0 Å². The smallest absolute Gasteiger partial charge is 0.243 e. The van der Waals surface area contributed by atoms with Crippen molar-refractivity contribution in [3.63, 3.8) is 0 Å². The molecule has 0 aliphatic heterocycles. The first kappa shape index (κ1) is 16.1. The summed E-state index contributed by atoms with van der Waals surface area (Å²) in [6, 6.07) is 6.51. The maximum absolute atomic E-state index is 12.6. The summed E-state index contributed by atoms with van der Waals surface area (Å²) in [4.78, 5) is 0.252. The fourth-order valence-electron chi connectivity index (χ4n) is 1.85. The average molecular weight is 286 g/mol. The highest BCUT2D eigenvalue weighted by Crippen LogP contribution is 2.19. The first-order valence-corrected chi connectivity index (χ1v) is 7.79. The highest BCUT2D eigenvalue weighted by molar-refractivity contribution is 7.89. The van der Waals surface area contributed by atoms with Gasteiger partial charge in [0.05, 0.1) is 4.90 Å². The zero-order chi connectivity index (χ0) is 14.5. The molecule has 0 spiro atoms. The van der Waals surface area contributed by atoms with Gasteiger partial charge in [-0.25, -0.2) is 8.42 Å². The molecule has 0 heterocycles. The number of aliphatic hydroxyl groups excluding tert-OH is 1. The Balaban J connectivity index is 3.11. The molecule has 0 saturated carbocycles. The van der Waals surface area contributed by atoms with Crippen LogP contribution in [0.3, 0.4) is 0 Å². The summed E-state index contributed by atoms with van der Waals surface area (Å²) in [7, 11) is -3.54. The van der Waals surface area contributed by atoms with Crippen molar-refractivity contribution in [3.8, 4) is 0 Å². The van der Waals surface area contributed by atoms with Crippen LogP contribution >= 0.6 is 0 Å². The lowest BCUT2D eigenvalue weighted by molar-refractivity contribution is 0.258. The van der Waals surface area contributed by atoms with E-state index >= 15 is 0 Å². The Morgan fingerprint density at radius 1 is 1.37 bits per heavy atom. The Labute approximate surface area is 115 Å². The van der Waals surface area contributed by atoms with Crippen molar-refractivity contribution in [1.82, 2.24) is 4.31 Å². The van der Waals surface area contributed by atoms with Crippen molar-refractivity contribution in [2.45, 2.75) is 37.8 Å². The fraction of sp³-hybridized carbons (Fsp3) is 0.538. The number of benzene rings is 1. The molecule has 0 amide bonds. The van der Waals surface area contributed by atoms with Crippen LogP contribution in [0, 0.1) is 0 Å². The zero-order valence-corrected chi connectivity index (χ0v) is 12.2.